The third-order valence-corrected chi connectivity index (χ3v) is 6.21. The third-order valence-electron chi connectivity index (χ3n) is 4.98. The van der Waals surface area contributed by atoms with E-state index >= 15 is 0 Å². The number of methoxy groups -OCH3 is 1. The van der Waals surface area contributed by atoms with Gasteiger partial charge in [-0.05, 0) is 37.3 Å². The Labute approximate surface area is 129 Å². The number of thiophene rings is 1. The Morgan fingerprint density at radius 2 is 2.33 bits per heavy atom. The Morgan fingerprint density at radius 1 is 1.48 bits per heavy atom. The Morgan fingerprint density at radius 3 is 3.10 bits per heavy atom. The van der Waals surface area contributed by atoms with Gasteiger partial charge >= 0.3 is 0 Å². The van der Waals surface area contributed by atoms with Crippen molar-refractivity contribution in [2.24, 2.45) is 0 Å². The summed E-state index contributed by atoms with van der Waals surface area (Å²) in [4.78, 5) is 16.8. The number of fused-ring (bicyclic) bond motifs is 1. The first-order valence-electron chi connectivity index (χ1n) is 7.77. The quantitative estimate of drug-likeness (QED) is 0.841. The highest BCUT2D eigenvalue weighted by Crippen LogP contribution is 2.37. The van der Waals surface area contributed by atoms with Crippen molar-refractivity contribution < 1.29 is 14.3 Å². The van der Waals surface area contributed by atoms with Crippen LogP contribution in [0, 0.1) is 0 Å². The number of carbonyl (C=O) groups excluding carboxylic acids is 1. The minimum atomic E-state index is -0.144. The van der Waals surface area contributed by atoms with E-state index < -0.39 is 0 Å². The highest BCUT2D eigenvalue weighted by Gasteiger charge is 2.49. The summed E-state index contributed by atoms with van der Waals surface area (Å²) in [7, 11) is 1.76. The number of hydrogen-bond acceptors (Lipinski definition) is 4. The summed E-state index contributed by atoms with van der Waals surface area (Å²) in [6.07, 6.45) is 5.69. The lowest BCUT2D eigenvalue weighted by Gasteiger charge is -2.52. The van der Waals surface area contributed by atoms with Crippen molar-refractivity contribution in [1.82, 2.24) is 4.90 Å². The van der Waals surface area contributed by atoms with Crippen molar-refractivity contribution in [2.45, 2.75) is 43.8 Å². The molecule has 0 unspecified atom stereocenters. The van der Waals surface area contributed by atoms with Gasteiger partial charge in [0.05, 0.1) is 24.1 Å². The molecule has 3 heterocycles. The normalized spacial score (nSPS) is 26.7. The van der Waals surface area contributed by atoms with Gasteiger partial charge < -0.3 is 14.4 Å². The summed E-state index contributed by atoms with van der Waals surface area (Å²) in [6.45, 7) is 2.18. The van der Waals surface area contributed by atoms with Gasteiger partial charge in [0.1, 0.15) is 5.60 Å². The highest BCUT2D eigenvalue weighted by atomic mass is 32.1. The van der Waals surface area contributed by atoms with Crippen LogP contribution in [-0.4, -0.2) is 49.3 Å². The zero-order valence-corrected chi connectivity index (χ0v) is 13.2. The largest absolute Gasteiger partial charge is 0.381 e. The second-order valence-corrected chi connectivity index (χ2v) is 7.59. The highest BCUT2D eigenvalue weighted by molar-refractivity contribution is 7.14. The lowest BCUT2D eigenvalue weighted by Crippen LogP contribution is -2.67. The van der Waals surface area contributed by atoms with Gasteiger partial charge in [-0.15, -0.1) is 11.3 Å². The maximum absolute atomic E-state index is 12.6. The molecule has 2 aliphatic heterocycles. The summed E-state index contributed by atoms with van der Waals surface area (Å²) in [5.74, 6) is 0.183. The smallest absolute Gasteiger partial charge is 0.264 e. The Kier molecular flexibility index (Phi) is 3.32. The first-order valence-corrected chi connectivity index (χ1v) is 8.58. The molecule has 1 aliphatic carbocycles. The number of amides is 1. The Hall–Kier alpha value is -0.910. The van der Waals surface area contributed by atoms with E-state index in [9.17, 15) is 4.79 Å². The van der Waals surface area contributed by atoms with Gasteiger partial charge in [0.15, 0.2) is 0 Å². The number of nitrogens with zero attached hydrogens (tertiary/aromatic N) is 1. The predicted molar refractivity (Wildman–Crippen MR) is 81.0 cm³/mol. The SMILES string of the molecule is CO[C@@H]1CCOC2(C1)CN(C(=O)c1cc3c(s1)CCC3)C2. The molecule has 1 atom stereocenters. The van der Waals surface area contributed by atoms with Crippen molar-refractivity contribution >= 4 is 17.2 Å². The number of ether oxygens (including phenoxy) is 2. The average Bonchev–Trinajstić information content (AvgIpc) is 3.05. The van der Waals surface area contributed by atoms with Gasteiger partial charge in [0.25, 0.3) is 5.91 Å². The van der Waals surface area contributed by atoms with Crippen LogP contribution in [0.1, 0.15) is 39.4 Å². The summed E-state index contributed by atoms with van der Waals surface area (Å²) in [5.41, 5.74) is 1.25. The van der Waals surface area contributed by atoms with Gasteiger partial charge in [0.2, 0.25) is 0 Å². The fraction of sp³-hybridized carbons (Fsp3) is 0.688. The zero-order valence-electron chi connectivity index (χ0n) is 12.4. The molecule has 21 heavy (non-hydrogen) atoms. The molecular weight excluding hydrogens is 286 g/mol. The minimum Gasteiger partial charge on any atom is -0.381 e. The maximum Gasteiger partial charge on any atom is 0.264 e. The first-order chi connectivity index (χ1) is 10.2. The van der Waals surface area contributed by atoms with Crippen LogP contribution in [0.4, 0.5) is 0 Å². The molecular formula is C16H21NO3S. The fourth-order valence-corrected chi connectivity index (χ4v) is 5.01. The van der Waals surface area contributed by atoms with E-state index in [4.69, 9.17) is 9.47 Å². The number of carbonyl (C=O) groups is 1. The topological polar surface area (TPSA) is 38.8 Å². The van der Waals surface area contributed by atoms with Crippen molar-refractivity contribution in [1.29, 1.82) is 0 Å². The molecule has 0 radical (unpaired) electrons. The molecule has 3 aliphatic rings. The Bertz CT molecular complexity index is 540. The van der Waals surface area contributed by atoms with Crippen LogP contribution >= 0.6 is 11.3 Å². The Balaban J connectivity index is 1.41. The van der Waals surface area contributed by atoms with Gasteiger partial charge in [-0.2, -0.15) is 0 Å². The molecule has 1 amide bonds. The van der Waals surface area contributed by atoms with Crippen LogP contribution < -0.4 is 0 Å². The molecule has 1 aromatic heterocycles. The van der Waals surface area contributed by atoms with Gasteiger partial charge in [-0.25, -0.2) is 0 Å². The van der Waals surface area contributed by atoms with E-state index in [-0.39, 0.29) is 17.6 Å². The maximum atomic E-state index is 12.6. The van der Waals surface area contributed by atoms with E-state index in [1.165, 1.54) is 16.9 Å². The molecule has 2 fully saturated rings. The van der Waals surface area contributed by atoms with E-state index in [1.54, 1.807) is 18.4 Å². The van der Waals surface area contributed by atoms with E-state index in [0.717, 1.165) is 37.2 Å². The summed E-state index contributed by atoms with van der Waals surface area (Å²) >= 11 is 1.69. The number of likely N-dealkylation sites (tertiary alicyclic amines) is 1. The monoisotopic (exact) mass is 307 g/mol. The van der Waals surface area contributed by atoms with Gasteiger partial charge in [0, 0.05) is 25.0 Å². The molecule has 2 saturated heterocycles. The molecule has 1 spiro atoms. The van der Waals surface area contributed by atoms with Crippen molar-refractivity contribution in [2.75, 3.05) is 26.8 Å². The van der Waals surface area contributed by atoms with Crippen LogP contribution in [0.5, 0.6) is 0 Å². The van der Waals surface area contributed by atoms with E-state index in [0.29, 0.717) is 13.1 Å². The molecule has 5 heteroatoms. The summed E-state index contributed by atoms with van der Waals surface area (Å²) in [5, 5.41) is 0. The fourth-order valence-electron chi connectivity index (χ4n) is 3.79. The predicted octanol–water partition coefficient (Wildman–Crippen LogP) is 2.26. The second kappa shape index (κ2) is 5.07. The first kappa shape index (κ1) is 13.7. The summed E-state index contributed by atoms with van der Waals surface area (Å²) in [6, 6.07) is 2.11. The molecule has 114 valence electrons. The lowest BCUT2D eigenvalue weighted by atomic mass is 9.84. The standard InChI is InChI=1S/C16H21NO3S/c1-19-12-5-6-20-16(8-12)9-17(10-16)15(18)14-7-11-3-2-4-13(11)21-14/h7,12H,2-6,8-10H2,1H3/t12-/m1/s1. The summed E-state index contributed by atoms with van der Waals surface area (Å²) < 4.78 is 11.4. The van der Waals surface area contributed by atoms with Crippen molar-refractivity contribution in [3.05, 3.63) is 21.4 Å². The van der Waals surface area contributed by atoms with Crippen LogP contribution in [0.3, 0.4) is 0 Å². The van der Waals surface area contributed by atoms with E-state index in [2.05, 4.69) is 6.07 Å². The third kappa shape index (κ3) is 2.31. The van der Waals surface area contributed by atoms with Crippen molar-refractivity contribution in [3.8, 4) is 0 Å². The molecule has 0 saturated carbocycles. The molecule has 4 nitrogen and oxygen atoms in total. The molecule has 0 aromatic carbocycles. The molecule has 0 N–H and O–H groups in total. The number of aryl methyl sites for hydroxylation is 2. The van der Waals surface area contributed by atoms with Gasteiger partial charge in [-0.3, -0.25) is 4.79 Å². The number of rotatable bonds is 2. The number of hydrogen-bond donors (Lipinski definition) is 0. The second-order valence-electron chi connectivity index (χ2n) is 6.46. The molecule has 0 bridgehead atoms. The van der Waals surface area contributed by atoms with E-state index in [1.807, 2.05) is 4.90 Å². The van der Waals surface area contributed by atoms with Crippen LogP contribution in [-0.2, 0) is 22.3 Å². The molecule has 4 rings (SSSR count). The minimum absolute atomic E-state index is 0.144. The average molecular weight is 307 g/mol. The molecule has 1 aromatic rings. The van der Waals surface area contributed by atoms with Crippen LogP contribution in [0.2, 0.25) is 0 Å². The van der Waals surface area contributed by atoms with Crippen LogP contribution in [0.15, 0.2) is 6.07 Å². The van der Waals surface area contributed by atoms with Crippen molar-refractivity contribution in [3.63, 3.8) is 0 Å². The van der Waals surface area contributed by atoms with Crippen LogP contribution in [0.25, 0.3) is 0 Å². The lowest BCUT2D eigenvalue weighted by molar-refractivity contribution is -0.181. The van der Waals surface area contributed by atoms with Gasteiger partial charge in [-0.1, -0.05) is 0 Å². The zero-order chi connectivity index (χ0) is 14.4.